The fourth-order valence-corrected chi connectivity index (χ4v) is 3.35. The average molecular weight is 339 g/mol. The number of rotatable bonds is 2. The lowest BCUT2D eigenvalue weighted by Crippen LogP contribution is -1.88. The van der Waals surface area contributed by atoms with Gasteiger partial charge in [0.1, 0.15) is 0 Å². The molecule has 3 aromatic heterocycles. The third-order valence-corrected chi connectivity index (χ3v) is 4.61. The first-order valence-corrected chi connectivity index (χ1v) is 8.14. The van der Waals surface area contributed by atoms with E-state index < -0.39 is 0 Å². The Morgan fingerprint density at radius 1 is 0.913 bits per heavy atom. The van der Waals surface area contributed by atoms with E-state index in [0.717, 1.165) is 32.9 Å². The highest BCUT2D eigenvalue weighted by atomic mass is 35.5. The van der Waals surface area contributed by atoms with Crippen molar-refractivity contribution in [2.24, 2.45) is 0 Å². The molecular formula is C17H11ClN4S. The Balaban J connectivity index is 1.89. The van der Waals surface area contributed by atoms with Crippen LogP contribution in [0.1, 0.15) is 0 Å². The third kappa shape index (κ3) is 2.65. The van der Waals surface area contributed by atoms with Crippen molar-refractivity contribution in [3.63, 3.8) is 0 Å². The summed E-state index contributed by atoms with van der Waals surface area (Å²) < 4.78 is 0. The molecule has 112 valence electrons. The number of benzene rings is 1. The Labute approximate surface area is 141 Å². The van der Waals surface area contributed by atoms with Gasteiger partial charge in [-0.05, 0) is 36.4 Å². The van der Waals surface area contributed by atoms with Gasteiger partial charge in [0.15, 0.2) is 5.13 Å². The predicted octanol–water partition coefficient (Wildman–Crippen LogP) is 4.66. The predicted molar refractivity (Wildman–Crippen MR) is 95.5 cm³/mol. The molecule has 23 heavy (non-hydrogen) atoms. The molecule has 1 aromatic carbocycles. The van der Waals surface area contributed by atoms with Crippen LogP contribution < -0.4 is 5.73 Å². The quantitative estimate of drug-likeness (QED) is 0.577. The Bertz CT molecular complexity index is 995. The molecule has 2 N–H and O–H groups in total. The lowest BCUT2D eigenvalue weighted by Gasteiger charge is -2.04. The van der Waals surface area contributed by atoms with E-state index in [-0.39, 0.29) is 0 Å². The third-order valence-electron chi connectivity index (χ3n) is 3.45. The monoisotopic (exact) mass is 338 g/mol. The van der Waals surface area contributed by atoms with Gasteiger partial charge in [-0.1, -0.05) is 35.1 Å². The Morgan fingerprint density at radius 2 is 1.74 bits per heavy atom. The van der Waals surface area contributed by atoms with Crippen LogP contribution in [0.15, 0.2) is 54.7 Å². The van der Waals surface area contributed by atoms with E-state index in [9.17, 15) is 0 Å². The first-order valence-electron chi connectivity index (χ1n) is 6.95. The second-order valence-corrected chi connectivity index (χ2v) is 6.44. The lowest BCUT2D eigenvalue weighted by molar-refractivity contribution is 1.33. The summed E-state index contributed by atoms with van der Waals surface area (Å²) in [6.45, 7) is 0. The van der Waals surface area contributed by atoms with E-state index >= 15 is 0 Å². The highest BCUT2D eigenvalue weighted by molar-refractivity contribution is 7.19. The Hall–Kier alpha value is -2.50. The number of halogens is 1. The van der Waals surface area contributed by atoms with Gasteiger partial charge >= 0.3 is 0 Å². The van der Waals surface area contributed by atoms with E-state index in [1.54, 1.807) is 6.20 Å². The summed E-state index contributed by atoms with van der Waals surface area (Å²) in [4.78, 5) is 14.4. The molecule has 0 spiro atoms. The fourth-order valence-electron chi connectivity index (χ4n) is 2.40. The summed E-state index contributed by atoms with van der Waals surface area (Å²) in [7, 11) is 0. The summed E-state index contributed by atoms with van der Waals surface area (Å²) in [6.07, 6.45) is 1.76. The molecule has 0 aliphatic carbocycles. The maximum atomic E-state index is 5.96. The van der Waals surface area contributed by atoms with Gasteiger partial charge in [-0.15, -0.1) is 0 Å². The first kappa shape index (κ1) is 14.1. The van der Waals surface area contributed by atoms with Crippen molar-refractivity contribution < 1.29 is 0 Å². The van der Waals surface area contributed by atoms with E-state index in [2.05, 4.69) is 15.0 Å². The number of nitrogens with two attached hydrogens (primary N) is 1. The van der Waals surface area contributed by atoms with Crippen LogP contribution >= 0.6 is 22.9 Å². The normalized spacial score (nSPS) is 11.0. The minimum absolute atomic E-state index is 0.512. The second-order valence-electron chi connectivity index (χ2n) is 4.97. The van der Waals surface area contributed by atoms with Crippen LogP contribution in [0.5, 0.6) is 0 Å². The van der Waals surface area contributed by atoms with Gasteiger partial charge in [0.2, 0.25) is 0 Å². The molecule has 0 aliphatic rings. The molecule has 0 saturated carbocycles. The minimum Gasteiger partial charge on any atom is -0.375 e. The standard InChI is InChI=1S/C17H11ClN4S/c18-11-5-3-10(4-6-11)15-16(23-17(19)22-15)14-8-7-12-13(21-14)2-1-9-20-12/h1-9H,(H2,19,22). The van der Waals surface area contributed by atoms with Crippen LogP contribution in [-0.2, 0) is 0 Å². The molecule has 4 nitrogen and oxygen atoms in total. The Morgan fingerprint density at radius 3 is 2.57 bits per heavy atom. The number of pyridine rings is 2. The maximum Gasteiger partial charge on any atom is 0.181 e. The van der Waals surface area contributed by atoms with E-state index in [0.29, 0.717) is 10.2 Å². The summed E-state index contributed by atoms with van der Waals surface area (Å²) in [5, 5.41) is 1.20. The largest absolute Gasteiger partial charge is 0.375 e. The van der Waals surface area contributed by atoms with Crippen molar-refractivity contribution in [3.05, 3.63) is 59.8 Å². The fraction of sp³-hybridized carbons (Fsp3) is 0. The molecule has 0 unspecified atom stereocenters. The molecule has 0 saturated heterocycles. The summed E-state index contributed by atoms with van der Waals surface area (Å²) in [5.41, 5.74) is 10.3. The zero-order chi connectivity index (χ0) is 15.8. The molecule has 0 aliphatic heterocycles. The summed E-state index contributed by atoms with van der Waals surface area (Å²) >= 11 is 7.39. The van der Waals surface area contributed by atoms with Crippen LogP contribution in [0, 0.1) is 0 Å². The maximum absolute atomic E-state index is 5.96. The second kappa shape index (κ2) is 5.61. The van der Waals surface area contributed by atoms with Gasteiger partial charge in [-0.2, -0.15) is 0 Å². The Kier molecular flexibility index (Phi) is 3.44. The highest BCUT2D eigenvalue weighted by Crippen LogP contribution is 2.37. The van der Waals surface area contributed by atoms with Crippen molar-refractivity contribution in [3.8, 4) is 21.8 Å². The molecule has 3 heterocycles. The van der Waals surface area contributed by atoms with E-state index in [4.69, 9.17) is 17.3 Å². The zero-order valence-electron chi connectivity index (χ0n) is 11.9. The molecule has 6 heteroatoms. The molecule has 0 fully saturated rings. The number of anilines is 1. The number of hydrogen-bond donors (Lipinski definition) is 1. The van der Waals surface area contributed by atoms with Gasteiger partial charge in [-0.25, -0.2) is 9.97 Å². The summed E-state index contributed by atoms with van der Waals surface area (Å²) in [6, 6.07) is 15.3. The summed E-state index contributed by atoms with van der Waals surface area (Å²) in [5.74, 6) is 0. The van der Waals surface area contributed by atoms with Crippen molar-refractivity contribution in [2.75, 3.05) is 5.73 Å². The first-order chi connectivity index (χ1) is 11.2. The molecule has 0 radical (unpaired) electrons. The molecule has 0 amide bonds. The number of aromatic nitrogens is 3. The number of fused-ring (bicyclic) bond motifs is 1. The average Bonchev–Trinajstić information content (AvgIpc) is 2.97. The number of nitrogen functional groups attached to an aromatic ring is 1. The topological polar surface area (TPSA) is 64.7 Å². The van der Waals surface area contributed by atoms with E-state index in [1.807, 2.05) is 48.5 Å². The highest BCUT2D eigenvalue weighted by Gasteiger charge is 2.15. The zero-order valence-corrected chi connectivity index (χ0v) is 13.5. The van der Waals surface area contributed by atoms with Crippen LogP contribution in [0.2, 0.25) is 5.02 Å². The molecular weight excluding hydrogens is 328 g/mol. The number of nitrogens with zero attached hydrogens (tertiary/aromatic N) is 3. The van der Waals surface area contributed by atoms with Crippen molar-refractivity contribution in [2.45, 2.75) is 0 Å². The number of thiazole rings is 1. The van der Waals surface area contributed by atoms with Crippen LogP contribution in [-0.4, -0.2) is 15.0 Å². The molecule has 0 atom stereocenters. The van der Waals surface area contributed by atoms with Crippen LogP contribution in [0.25, 0.3) is 32.9 Å². The van der Waals surface area contributed by atoms with Crippen molar-refractivity contribution in [1.82, 2.24) is 15.0 Å². The molecule has 0 bridgehead atoms. The number of hydrogen-bond acceptors (Lipinski definition) is 5. The van der Waals surface area contributed by atoms with E-state index in [1.165, 1.54) is 11.3 Å². The SMILES string of the molecule is Nc1nc(-c2ccc(Cl)cc2)c(-c2ccc3ncccc3n2)s1. The van der Waals surface area contributed by atoms with Crippen LogP contribution in [0.3, 0.4) is 0 Å². The van der Waals surface area contributed by atoms with Gasteiger partial charge in [0.05, 0.1) is 27.3 Å². The van der Waals surface area contributed by atoms with Gasteiger partial charge < -0.3 is 5.73 Å². The lowest BCUT2D eigenvalue weighted by atomic mass is 10.1. The smallest absolute Gasteiger partial charge is 0.181 e. The van der Waals surface area contributed by atoms with Crippen molar-refractivity contribution >= 4 is 39.1 Å². The molecule has 4 rings (SSSR count). The van der Waals surface area contributed by atoms with Gasteiger partial charge in [0, 0.05) is 16.8 Å². The minimum atomic E-state index is 0.512. The van der Waals surface area contributed by atoms with Crippen molar-refractivity contribution in [1.29, 1.82) is 0 Å². The van der Waals surface area contributed by atoms with Crippen LogP contribution in [0.4, 0.5) is 5.13 Å². The van der Waals surface area contributed by atoms with Gasteiger partial charge in [0.25, 0.3) is 0 Å². The van der Waals surface area contributed by atoms with Gasteiger partial charge in [-0.3, -0.25) is 4.98 Å². The molecule has 4 aromatic rings.